The van der Waals surface area contributed by atoms with E-state index in [0.717, 1.165) is 17.0 Å². The van der Waals surface area contributed by atoms with E-state index in [9.17, 15) is 9.59 Å². The molecule has 0 atom stereocenters. The van der Waals surface area contributed by atoms with Gasteiger partial charge in [0.25, 0.3) is 11.8 Å². The average Bonchev–Trinajstić information content (AvgIpc) is 2.99. The Balaban J connectivity index is 1.83. The van der Waals surface area contributed by atoms with Gasteiger partial charge in [-0.25, -0.2) is 4.98 Å². The summed E-state index contributed by atoms with van der Waals surface area (Å²) in [4.78, 5) is 28.1. The summed E-state index contributed by atoms with van der Waals surface area (Å²) in [5.74, 6) is -1.10. The van der Waals surface area contributed by atoms with Crippen LogP contribution in [0.25, 0.3) is 0 Å². The van der Waals surface area contributed by atoms with Gasteiger partial charge in [-0.1, -0.05) is 41.1 Å². The number of carbonyl (C=O) groups excluding carboxylic acids is 2. The SMILES string of the molecule is NC(=O)c1nc(Nc2ccccc2)sc1NC(=O)c1ccc(Cl)cc1. The molecule has 4 N–H and O–H groups in total. The summed E-state index contributed by atoms with van der Waals surface area (Å²) in [5.41, 5.74) is 6.59. The number of amides is 2. The van der Waals surface area contributed by atoms with Crippen molar-refractivity contribution in [2.24, 2.45) is 5.73 Å². The second-order valence-electron chi connectivity index (χ2n) is 5.01. The van der Waals surface area contributed by atoms with Crippen LogP contribution >= 0.6 is 22.9 Å². The molecule has 126 valence electrons. The number of primary amides is 1. The topological polar surface area (TPSA) is 97.1 Å². The van der Waals surface area contributed by atoms with Gasteiger partial charge in [0.15, 0.2) is 10.8 Å². The van der Waals surface area contributed by atoms with Gasteiger partial charge in [0, 0.05) is 16.3 Å². The van der Waals surface area contributed by atoms with Crippen molar-refractivity contribution < 1.29 is 9.59 Å². The molecule has 0 bridgehead atoms. The molecule has 0 unspecified atom stereocenters. The van der Waals surface area contributed by atoms with Crippen LogP contribution in [0, 0.1) is 0 Å². The normalized spacial score (nSPS) is 10.3. The molecule has 1 heterocycles. The van der Waals surface area contributed by atoms with E-state index in [0.29, 0.717) is 15.7 Å². The first-order chi connectivity index (χ1) is 12.0. The molecule has 8 heteroatoms. The molecule has 3 aromatic rings. The van der Waals surface area contributed by atoms with Gasteiger partial charge in [-0.3, -0.25) is 9.59 Å². The number of benzene rings is 2. The third kappa shape index (κ3) is 4.14. The zero-order chi connectivity index (χ0) is 17.8. The molecule has 6 nitrogen and oxygen atoms in total. The fourth-order valence-corrected chi connectivity index (χ4v) is 3.06. The zero-order valence-electron chi connectivity index (χ0n) is 12.8. The van der Waals surface area contributed by atoms with Crippen molar-refractivity contribution in [2.75, 3.05) is 10.6 Å². The van der Waals surface area contributed by atoms with Crippen molar-refractivity contribution in [3.8, 4) is 0 Å². The van der Waals surface area contributed by atoms with Crippen molar-refractivity contribution in [1.29, 1.82) is 0 Å². The molecule has 0 saturated heterocycles. The Bertz CT molecular complexity index is 910. The molecule has 0 aliphatic carbocycles. The Hall–Kier alpha value is -2.90. The predicted molar refractivity (Wildman–Crippen MR) is 99.8 cm³/mol. The molecule has 3 rings (SSSR count). The molecule has 0 saturated carbocycles. The van der Waals surface area contributed by atoms with Crippen LogP contribution in [0.15, 0.2) is 54.6 Å². The first-order valence-corrected chi connectivity index (χ1v) is 8.42. The number of aromatic nitrogens is 1. The predicted octanol–water partition coefficient (Wildman–Crippen LogP) is 3.89. The van der Waals surface area contributed by atoms with Crippen molar-refractivity contribution in [1.82, 2.24) is 4.98 Å². The van der Waals surface area contributed by atoms with Crippen LogP contribution in [0.1, 0.15) is 20.8 Å². The fourth-order valence-electron chi connectivity index (χ4n) is 2.05. The van der Waals surface area contributed by atoms with E-state index in [2.05, 4.69) is 15.6 Å². The summed E-state index contributed by atoms with van der Waals surface area (Å²) in [6.07, 6.45) is 0. The third-order valence-electron chi connectivity index (χ3n) is 3.22. The Morgan fingerprint density at radius 3 is 2.36 bits per heavy atom. The van der Waals surface area contributed by atoms with Crippen LogP contribution in [0.5, 0.6) is 0 Å². The van der Waals surface area contributed by atoms with Gasteiger partial charge in [0.05, 0.1) is 0 Å². The minimum atomic E-state index is -0.719. The molecule has 0 radical (unpaired) electrons. The Kier molecular flexibility index (Phi) is 4.97. The van der Waals surface area contributed by atoms with Crippen LogP contribution in [0.2, 0.25) is 5.02 Å². The number of carbonyl (C=O) groups is 2. The van der Waals surface area contributed by atoms with Gasteiger partial charge in [-0.15, -0.1) is 0 Å². The van der Waals surface area contributed by atoms with Crippen molar-refractivity contribution in [2.45, 2.75) is 0 Å². The molecule has 25 heavy (non-hydrogen) atoms. The van der Waals surface area contributed by atoms with E-state index in [1.165, 1.54) is 0 Å². The summed E-state index contributed by atoms with van der Waals surface area (Å²) < 4.78 is 0. The van der Waals surface area contributed by atoms with E-state index in [1.54, 1.807) is 24.3 Å². The number of hydrogen-bond acceptors (Lipinski definition) is 5. The maximum absolute atomic E-state index is 12.3. The summed E-state index contributed by atoms with van der Waals surface area (Å²) in [6.45, 7) is 0. The lowest BCUT2D eigenvalue weighted by Crippen LogP contribution is -2.17. The molecule has 0 aliphatic heterocycles. The molecular formula is C17H13ClN4O2S. The summed E-state index contributed by atoms with van der Waals surface area (Å²) >= 11 is 6.94. The second-order valence-corrected chi connectivity index (χ2v) is 6.45. The monoisotopic (exact) mass is 372 g/mol. The maximum atomic E-state index is 12.3. The highest BCUT2D eigenvalue weighted by molar-refractivity contribution is 7.20. The van der Waals surface area contributed by atoms with E-state index in [1.807, 2.05) is 30.3 Å². The number of nitrogens with two attached hydrogens (primary N) is 1. The smallest absolute Gasteiger partial charge is 0.270 e. The van der Waals surface area contributed by atoms with E-state index in [4.69, 9.17) is 17.3 Å². The number of thiazole rings is 1. The number of hydrogen-bond donors (Lipinski definition) is 3. The van der Waals surface area contributed by atoms with Crippen LogP contribution in [-0.2, 0) is 0 Å². The lowest BCUT2D eigenvalue weighted by atomic mass is 10.2. The van der Waals surface area contributed by atoms with Crippen LogP contribution < -0.4 is 16.4 Å². The maximum Gasteiger partial charge on any atom is 0.270 e. The number of anilines is 3. The Morgan fingerprint density at radius 1 is 1.04 bits per heavy atom. The molecule has 0 aliphatic rings. The third-order valence-corrected chi connectivity index (χ3v) is 4.36. The molecule has 2 amide bonds. The van der Waals surface area contributed by atoms with Crippen molar-refractivity contribution >= 4 is 50.6 Å². The number of rotatable bonds is 5. The summed E-state index contributed by atoms with van der Waals surface area (Å²) in [7, 11) is 0. The van der Waals surface area contributed by atoms with E-state index >= 15 is 0 Å². The fraction of sp³-hybridized carbons (Fsp3) is 0. The number of halogens is 1. The Labute approximate surface area is 152 Å². The number of nitrogens with zero attached hydrogens (tertiary/aromatic N) is 1. The first-order valence-electron chi connectivity index (χ1n) is 7.22. The van der Waals surface area contributed by atoms with Gasteiger partial charge in [0.2, 0.25) is 0 Å². The van der Waals surface area contributed by atoms with Gasteiger partial charge in [-0.05, 0) is 36.4 Å². The minimum Gasteiger partial charge on any atom is -0.364 e. The molecule has 1 aromatic heterocycles. The number of nitrogens with one attached hydrogen (secondary N) is 2. The highest BCUT2D eigenvalue weighted by Crippen LogP contribution is 2.30. The first kappa shape index (κ1) is 16.9. The second kappa shape index (κ2) is 7.33. The summed E-state index contributed by atoms with van der Waals surface area (Å²) in [5, 5.41) is 7.00. The minimum absolute atomic E-state index is 0.00532. The van der Waals surface area contributed by atoms with E-state index < -0.39 is 5.91 Å². The van der Waals surface area contributed by atoms with E-state index in [-0.39, 0.29) is 16.6 Å². The highest BCUT2D eigenvalue weighted by Gasteiger charge is 2.18. The molecule has 0 spiro atoms. The highest BCUT2D eigenvalue weighted by atomic mass is 35.5. The Morgan fingerprint density at radius 2 is 1.72 bits per heavy atom. The van der Waals surface area contributed by atoms with Gasteiger partial charge in [0.1, 0.15) is 5.00 Å². The lowest BCUT2D eigenvalue weighted by molar-refractivity contribution is 0.0997. The quantitative estimate of drug-likeness (QED) is 0.632. The van der Waals surface area contributed by atoms with Crippen LogP contribution in [0.3, 0.4) is 0 Å². The number of para-hydroxylation sites is 1. The molecular weight excluding hydrogens is 360 g/mol. The lowest BCUT2D eigenvalue weighted by Gasteiger charge is -2.03. The van der Waals surface area contributed by atoms with Gasteiger partial charge in [-0.2, -0.15) is 0 Å². The van der Waals surface area contributed by atoms with Crippen molar-refractivity contribution in [3.05, 3.63) is 70.9 Å². The van der Waals surface area contributed by atoms with Gasteiger partial charge < -0.3 is 16.4 Å². The van der Waals surface area contributed by atoms with Gasteiger partial charge >= 0.3 is 0 Å². The van der Waals surface area contributed by atoms with Crippen LogP contribution in [-0.4, -0.2) is 16.8 Å². The average molecular weight is 373 g/mol. The standard InChI is InChI=1S/C17H13ClN4O2S/c18-11-8-6-10(7-9-11)15(24)22-16-13(14(19)23)21-17(25-16)20-12-4-2-1-3-5-12/h1-9H,(H2,19,23)(H,20,21)(H,22,24). The largest absolute Gasteiger partial charge is 0.364 e. The zero-order valence-corrected chi connectivity index (χ0v) is 14.4. The molecule has 2 aromatic carbocycles. The van der Waals surface area contributed by atoms with Crippen LogP contribution in [0.4, 0.5) is 15.8 Å². The van der Waals surface area contributed by atoms with Crippen molar-refractivity contribution in [3.63, 3.8) is 0 Å². The summed E-state index contributed by atoms with van der Waals surface area (Å²) in [6, 6.07) is 15.7. The molecule has 0 fully saturated rings.